The van der Waals surface area contributed by atoms with E-state index in [-0.39, 0.29) is 19.1 Å². The van der Waals surface area contributed by atoms with Crippen LogP contribution in [0.3, 0.4) is 0 Å². The van der Waals surface area contributed by atoms with Crippen LogP contribution in [0.25, 0.3) is 0 Å². The minimum Gasteiger partial charge on any atom is -0.391 e. The predicted molar refractivity (Wildman–Crippen MR) is 319 cm³/mol. The fourth-order valence-electron chi connectivity index (χ4n) is 10.2. The van der Waals surface area contributed by atoms with E-state index >= 15 is 0 Å². The largest absolute Gasteiger partial charge is 0.472 e. The molecule has 0 rings (SSSR count). The first kappa shape index (κ1) is 72.2. The fourth-order valence-corrected chi connectivity index (χ4v) is 10.9. The SMILES string of the molecule is CCCCCCCCCCCCCCCCCC/C=C\CCCCCCCCCCCCCCCCCCCC(=O)NC(COP(=O)(O)OCC[N+](C)(C)C)C(O)CCCCCCCCCCCCCCCC. The highest BCUT2D eigenvalue weighted by atomic mass is 31.2. The molecule has 436 valence electrons. The van der Waals surface area contributed by atoms with E-state index in [1.165, 1.54) is 276 Å². The molecular weight excluding hydrogens is 924 g/mol. The maximum atomic E-state index is 13.0. The number of likely N-dealkylation sites (N-methyl/N-ethyl adjacent to an activating group) is 1. The van der Waals surface area contributed by atoms with Gasteiger partial charge in [0.15, 0.2) is 0 Å². The summed E-state index contributed by atoms with van der Waals surface area (Å²) in [5.74, 6) is -0.138. The number of aliphatic hydroxyl groups is 1. The summed E-state index contributed by atoms with van der Waals surface area (Å²) in [5, 5.41) is 14.1. The Balaban J connectivity index is 3.87. The molecule has 3 unspecified atom stereocenters. The zero-order valence-electron chi connectivity index (χ0n) is 49.9. The van der Waals surface area contributed by atoms with Crippen LogP contribution in [-0.2, 0) is 18.4 Å². The maximum absolute atomic E-state index is 13.0. The van der Waals surface area contributed by atoms with Gasteiger partial charge in [-0.1, -0.05) is 309 Å². The van der Waals surface area contributed by atoms with E-state index < -0.39 is 20.0 Å². The van der Waals surface area contributed by atoms with Gasteiger partial charge in [0.05, 0.1) is 39.9 Å². The van der Waals surface area contributed by atoms with Gasteiger partial charge in [0.1, 0.15) is 13.2 Å². The summed E-state index contributed by atoms with van der Waals surface area (Å²) in [6, 6.07) is -0.757. The number of nitrogens with zero attached hydrogens (tertiary/aromatic N) is 1. The van der Waals surface area contributed by atoms with Gasteiger partial charge in [-0.05, 0) is 38.5 Å². The summed E-state index contributed by atoms with van der Waals surface area (Å²) in [4.78, 5) is 23.3. The van der Waals surface area contributed by atoms with Crippen molar-refractivity contribution in [3.05, 3.63) is 12.2 Å². The molecule has 0 aliphatic carbocycles. The first-order chi connectivity index (χ1) is 35.5. The molecule has 0 fully saturated rings. The molecule has 0 heterocycles. The third-order valence-corrected chi connectivity index (χ3v) is 16.2. The average Bonchev–Trinajstić information content (AvgIpc) is 3.35. The fraction of sp³-hybridized carbons (Fsp3) is 0.953. The molecule has 0 aromatic carbocycles. The predicted octanol–water partition coefficient (Wildman–Crippen LogP) is 20.2. The minimum atomic E-state index is -4.32. The van der Waals surface area contributed by atoms with Gasteiger partial charge in [-0.15, -0.1) is 0 Å². The quantitative estimate of drug-likeness (QED) is 0.0243. The van der Waals surface area contributed by atoms with Gasteiger partial charge < -0.3 is 19.8 Å². The summed E-state index contributed by atoms with van der Waals surface area (Å²) in [5.41, 5.74) is 0. The molecule has 0 saturated heterocycles. The molecule has 0 radical (unpaired) electrons. The number of phosphoric ester groups is 1. The van der Waals surface area contributed by atoms with E-state index in [0.717, 1.165) is 38.5 Å². The Morgan fingerprint density at radius 3 is 1.05 bits per heavy atom. The number of nitrogens with one attached hydrogen (secondary N) is 1. The molecule has 8 nitrogen and oxygen atoms in total. The smallest absolute Gasteiger partial charge is 0.391 e. The first-order valence-electron chi connectivity index (χ1n) is 32.6. The first-order valence-corrected chi connectivity index (χ1v) is 34.0. The van der Waals surface area contributed by atoms with E-state index in [0.29, 0.717) is 23.9 Å². The standard InChI is InChI=1S/C64H129N2O6P/c1-6-8-10-12-14-16-18-20-22-23-24-25-26-27-28-29-30-31-32-33-34-35-36-37-38-39-40-41-42-43-44-46-48-50-52-54-56-58-64(68)65-62(61-72-73(69,70)71-60-59-66(3,4)5)63(67)57-55-53-51-49-47-45-21-19-17-15-13-11-9-7-2/h31-32,62-63,67H,6-30,33-61H2,1-5H3,(H-,65,68,69,70)/p+1/b32-31-. The van der Waals surface area contributed by atoms with Crippen molar-refractivity contribution in [2.24, 2.45) is 0 Å². The van der Waals surface area contributed by atoms with Crippen molar-refractivity contribution in [3.8, 4) is 0 Å². The molecule has 0 aliphatic rings. The Morgan fingerprint density at radius 1 is 0.452 bits per heavy atom. The van der Waals surface area contributed by atoms with Crippen LogP contribution in [0.15, 0.2) is 12.2 Å². The molecule has 3 atom stereocenters. The average molecular weight is 1050 g/mol. The summed E-state index contributed by atoms with van der Waals surface area (Å²) < 4.78 is 23.8. The monoisotopic (exact) mass is 1050 g/mol. The topological polar surface area (TPSA) is 105 Å². The van der Waals surface area contributed by atoms with Crippen molar-refractivity contribution in [1.82, 2.24) is 5.32 Å². The lowest BCUT2D eigenvalue weighted by atomic mass is 10.0. The molecule has 0 bridgehead atoms. The van der Waals surface area contributed by atoms with Crippen molar-refractivity contribution in [2.75, 3.05) is 40.9 Å². The lowest BCUT2D eigenvalue weighted by molar-refractivity contribution is -0.870. The van der Waals surface area contributed by atoms with Crippen LogP contribution in [0.5, 0.6) is 0 Å². The number of rotatable bonds is 61. The van der Waals surface area contributed by atoms with E-state index in [4.69, 9.17) is 9.05 Å². The Bertz CT molecular complexity index is 1200. The second kappa shape index (κ2) is 56.0. The molecule has 0 aromatic rings. The van der Waals surface area contributed by atoms with Crippen LogP contribution in [0.1, 0.15) is 341 Å². The number of quaternary nitrogens is 1. The zero-order valence-corrected chi connectivity index (χ0v) is 50.8. The Labute approximate surface area is 456 Å². The number of allylic oxidation sites excluding steroid dienone is 2. The molecular formula is C64H130N2O6P+. The van der Waals surface area contributed by atoms with Crippen LogP contribution in [0, 0.1) is 0 Å². The number of amides is 1. The molecule has 73 heavy (non-hydrogen) atoms. The van der Waals surface area contributed by atoms with E-state index in [1.807, 2.05) is 21.1 Å². The van der Waals surface area contributed by atoms with Gasteiger partial charge in [0, 0.05) is 6.42 Å². The van der Waals surface area contributed by atoms with Crippen LogP contribution >= 0.6 is 7.82 Å². The number of hydrogen-bond acceptors (Lipinski definition) is 5. The highest BCUT2D eigenvalue weighted by Gasteiger charge is 2.28. The highest BCUT2D eigenvalue weighted by molar-refractivity contribution is 7.47. The lowest BCUT2D eigenvalue weighted by Crippen LogP contribution is -2.46. The van der Waals surface area contributed by atoms with Crippen LogP contribution in [0.2, 0.25) is 0 Å². The third-order valence-electron chi connectivity index (χ3n) is 15.3. The summed E-state index contributed by atoms with van der Waals surface area (Å²) in [6.07, 6.45) is 70.3. The Kier molecular flexibility index (Phi) is 55.4. The molecule has 9 heteroatoms. The van der Waals surface area contributed by atoms with Gasteiger partial charge in [-0.3, -0.25) is 13.8 Å². The number of carbonyl (C=O) groups is 1. The van der Waals surface area contributed by atoms with Gasteiger partial charge in [-0.2, -0.15) is 0 Å². The third kappa shape index (κ3) is 58.8. The zero-order chi connectivity index (χ0) is 53.5. The molecule has 0 aliphatic heterocycles. The van der Waals surface area contributed by atoms with E-state index in [1.54, 1.807) is 0 Å². The maximum Gasteiger partial charge on any atom is 0.472 e. The van der Waals surface area contributed by atoms with Crippen molar-refractivity contribution >= 4 is 13.7 Å². The second-order valence-corrected chi connectivity index (χ2v) is 25.3. The number of phosphoric acid groups is 1. The number of hydrogen-bond donors (Lipinski definition) is 3. The normalized spacial score (nSPS) is 13.8. The second-order valence-electron chi connectivity index (χ2n) is 23.9. The van der Waals surface area contributed by atoms with Gasteiger partial charge in [0.2, 0.25) is 5.91 Å². The summed E-state index contributed by atoms with van der Waals surface area (Å²) in [6.45, 7) is 4.94. The van der Waals surface area contributed by atoms with Crippen LogP contribution < -0.4 is 5.32 Å². The molecule has 3 N–H and O–H groups in total. The number of aliphatic hydroxyl groups excluding tert-OH is 1. The summed E-state index contributed by atoms with van der Waals surface area (Å²) in [7, 11) is 1.63. The van der Waals surface area contributed by atoms with Crippen molar-refractivity contribution in [3.63, 3.8) is 0 Å². The highest BCUT2D eigenvalue weighted by Crippen LogP contribution is 2.43. The number of unbranched alkanes of at least 4 members (excludes halogenated alkanes) is 46. The Hall–Kier alpha value is -0.760. The molecule has 0 aromatic heterocycles. The molecule has 1 amide bonds. The summed E-state index contributed by atoms with van der Waals surface area (Å²) >= 11 is 0. The van der Waals surface area contributed by atoms with Crippen LogP contribution in [0.4, 0.5) is 0 Å². The molecule has 0 saturated carbocycles. The van der Waals surface area contributed by atoms with Gasteiger partial charge in [-0.25, -0.2) is 4.57 Å². The number of carbonyl (C=O) groups excluding carboxylic acids is 1. The van der Waals surface area contributed by atoms with Crippen LogP contribution in [-0.4, -0.2) is 73.4 Å². The van der Waals surface area contributed by atoms with Crippen molar-refractivity contribution in [1.29, 1.82) is 0 Å². The van der Waals surface area contributed by atoms with E-state index in [9.17, 15) is 19.4 Å². The van der Waals surface area contributed by atoms with Gasteiger partial charge in [0.25, 0.3) is 0 Å². The lowest BCUT2D eigenvalue weighted by Gasteiger charge is -2.26. The van der Waals surface area contributed by atoms with Gasteiger partial charge >= 0.3 is 7.82 Å². The van der Waals surface area contributed by atoms with E-state index in [2.05, 4.69) is 31.3 Å². The van der Waals surface area contributed by atoms with Crippen molar-refractivity contribution in [2.45, 2.75) is 353 Å². The molecule has 0 spiro atoms. The van der Waals surface area contributed by atoms with Crippen molar-refractivity contribution < 1.29 is 32.9 Å². The minimum absolute atomic E-state index is 0.0778. The Morgan fingerprint density at radius 2 is 0.740 bits per heavy atom.